The van der Waals surface area contributed by atoms with Gasteiger partial charge in [0.2, 0.25) is 0 Å². The topological polar surface area (TPSA) is 15.3 Å². The SMILES string of the molecule is Cc1ccc(CNCCN(C)C(C)C)s1. The molecule has 0 saturated heterocycles. The fraction of sp³-hybridized carbons (Fsp3) is 0.667. The standard InChI is InChI=1S/C12H22N2S/c1-10(2)14(4)8-7-13-9-12-6-5-11(3)15-12/h5-6,10,13H,7-9H2,1-4H3. The molecule has 0 radical (unpaired) electrons. The van der Waals surface area contributed by atoms with Crippen molar-refractivity contribution in [2.75, 3.05) is 20.1 Å². The summed E-state index contributed by atoms with van der Waals surface area (Å²) in [6.45, 7) is 9.78. The highest BCUT2D eigenvalue weighted by molar-refractivity contribution is 7.11. The van der Waals surface area contributed by atoms with Gasteiger partial charge in [0.15, 0.2) is 0 Å². The van der Waals surface area contributed by atoms with Gasteiger partial charge in [-0.05, 0) is 40.0 Å². The highest BCUT2D eigenvalue weighted by Gasteiger charge is 2.01. The van der Waals surface area contributed by atoms with E-state index in [2.05, 4.69) is 50.2 Å². The summed E-state index contributed by atoms with van der Waals surface area (Å²) < 4.78 is 0. The van der Waals surface area contributed by atoms with Gasteiger partial charge in [0.05, 0.1) is 0 Å². The van der Waals surface area contributed by atoms with Gasteiger partial charge in [-0.3, -0.25) is 0 Å². The smallest absolute Gasteiger partial charge is 0.0300 e. The van der Waals surface area contributed by atoms with Crippen molar-refractivity contribution in [1.82, 2.24) is 10.2 Å². The molecule has 1 heterocycles. The Labute approximate surface area is 97.3 Å². The van der Waals surface area contributed by atoms with Gasteiger partial charge in [0, 0.05) is 35.4 Å². The Balaban J connectivity index is 2.12. The van der Waals surface area contributed by atoms with Gasteiger partial charge >= 0.3 is 0 Å². The van der Waals surface area contributed by atoms with E-state index >= 15 is 0 Å². The fourth-order valence-electron chi connectivity index (χ4n) is 1.31. The van der Waals surface area contributed by atoms with Gasteiger partial charge in [0.1, 0.15) is 0 Å². The summed E-state index contributed by atoms with van der Waals surface area (Å²) in [5.41, 5.74) is 0. The molecule has 1 aromatic rings. The number of nitrogens with one attached hydrogen (secondary N) is 1. The Morgan fingerprint density at radius 1 is 1.40 bits per heavy atom. The summed E-state index contributed by atoms with van der Waals surface area (Å²) in [5, 5.41) is 3.47. The Kier molecular flexibility index (Phi) is 5.29. The maximum Gasteiger partial charge on any atom is 0.0300 e. The molecule has 86 valence electrons. The van der Waals surface area contributed by atoms with E-state index < -0.39 is 0 Å². The molecule has 0 amide bonds. The Morgan fingerprint density at radius 2 is 2.13 bits per heavy atom. The zero-order valence-electron chi connectivity index (χ0n) is 10.2. The molecule has 0 bridgehead atoms. The van der Waals surface area contributed by atoms with E-state index in [1.165, 1.54) is 9.75 Å². The lowest BCUT2D eigenvalue weighted by atomic mass is 10.3. The average molecular weight is 226 g/mol. The van der Waals surface area contributed by atoms with Crippen LogP contribution < -0.4 is 5.32 Å². The molecule has 0 spiro atoms. The first-order valence-electron chi connectivity index (χ1n) is 5.56. The number of hydrogen-bond donors (Lipinski definition) is 1. The predicted molar refractivity (Wildman–Crippen MR) is 68.5 cm³/mol. The Bertz CT molecular complexity index is 281. The van der Waals surface area contributed by atoms with E-state index in [9.17, 15) is 0 Å². The van der Waals surface area contributed by atoms with Gasteiger partial charge in [-0.15, -0.1) is 11.3 Å². The molecule has 0 saturated carbocycles. The van der Waals surface area contributed by atoms with Crippen molar-refractivity contribution in [3.8, 4) is 0 Å². The van der Waals surface area contributed by atoms with Crippen LogP contribution in [0.4, 0.5) is 0 Å². The first-order chi connectivity index (χ1) is 7.09. The molecule has 0 aliphatic carbocycles. The molecular weight excluding hydrogens is 204 g/mol. The number of thiophene rings is 1. The maximum absolute atomic E-state index is 3.47. The van der Waals surface area contributed by atoms with Crippen LogP contribution in [0.15, 0.2) is 12.1 Å². The summed E-state index contributed by atoms with van der Waals surface area (Å²) in [5.74, 6) is 0. The molecule has 0 aromatic carbocycles. The molecule has 1 aromatic heterocycles. The molecule has 1 N–H and O–H groups in total. The maximum atomic E-state index is 3.47. The lowest BCUT2D eigenvalue weighted by molar-refractivity contribution is 0.273. The first-order valence-corrected chi connectivity index (χ1v) is 6.37. The van der Waals surface area contributed by atoms with Gasteiger partial charge < -0.3 is 10.2 Å². The number of likely N-dealkylation sites (N-methyl/N-ethyl adjacent to an activating group) is 1. The van der Waals surface area contributed by atoms with E-state index in [1.54, 1.807) is 0 Å². The fourth-order valence-corrected chi connectivity index (χ4v) is 2.17. The van der Waals surface area contributed by atoms with Crippen LogP contribution >= 0.6 is 11.3 Å². The average Bonchev–Trinajstić information content (AvgIpc) is 2.58. The third-order valence-electron chi connectivity index (χ3n) is 2.62. The lowest BCUT2D eigenvalue weighted by Gasteiger charge is -2.20. The van der Waals surface area contributed by atoms with Crippen molar-refractivity contribution in [2.45, 2.75) is 33.4 Å². The first kappa shape index (κ1) is 12.7. The van der Waals surface area contributed by atoms with Crippen molar-refractivity contribution < 1.29 is 0 Å². The third kappa shape index (κ3) is 4.78. The minimum atomic E-state index is 0.635. The normalized spacial score (nSPS) is 11.6. The Morgan fingerprint density at radius 3 is 2.67 bits per heavy atom. The third-order valence-corrected chi connectivity index (χ3v) is 3.62. The van der Waals surface area contributed by atoms with Crippen LogP contribution in [-0.2, 0) is 6.54 Å². The summed E-state index contributed by atoms with van der Waals surface area (Å²) >= 11 is 1.88. The summed E-state index contributed by atoms with van der Waals surface area (Å²) in [6, 6.07) is 5.02. The molecule has 0 unspecified atom stereocenters. The minimum absolute atomic E-state index is 0.635. The second-order valence-electron chi connectivity index (χ2n) is 4.26. The van der Waals surface area contributed by atoms with Gasteiger partial charge in [0.25, 0.3) is 0 Å². The summed E-state index contributed by atoms with van der Waals surface area (Å²) in [7, 11) is 2.17. The van der Waals surface area contributed by atoms with Crippen molar-refractivity contribution in [3.05, 3.63) is 21.9 Å². The van der Waals surface area contributed by atoms with Crippen molar-refractivity contribution in [2.24, 2.45) is 0 Å². The molecule has 0 fully saturated rings. The van der Waals surface area contributed by atoms with Crippen LogP contribution in [0.1, 0.15) is 23.6 Å². The van der Waals surface area contributed by atoms with E-state index in [0.29, 0.717) is 6.04 Å². The largest absolute Gasteiger partial charge is 0.311 e. The molecule has 2 nitrogen and oxygen atoms in total. The van der Waals surface area contributed by atoms with Crippen molar-refractivity contribution >= 4 is 11.3 Å². The highest BCUT2D eigenvalue weighted by Crippen LogP contribution is 2.14. The van der Waals surface area contributed by atoms with Crippen LogP contribution in [-0.4, -0.2) is 31.1 Å². The van der Waals surface area contributed by atoms with Crippen LogP contribution in [0.3, 0.4) is 0 Å². The predicted octanol–water partition coefficient (Wildman–Crippen LogP) is 2.49. The number of rotatable bonds is 6. The Hall–Kier alpha value is -0.380. The van der Waals surface area contributed by atoms with Gasteiger partial charge in [-0.1, -0.05) is 0 Å². The van der Waals surface area contributed by atoms with Crippen LogP contribution in [0.5, 0.6) is 0 Å². The van der Waals surface area contributed by atoms with Gasteiger partial charge in [-0.2, -0.15) is 0 Å². The minimum Gasteiger partial charge on any atom is -0.311 e. The molecule has 0 atom stereocenters. The van der Waals surface area contributed by atoms with Crippen molar-refractivity contribution in [3.63, 3.8) is 0 Å². The second kappa shape index (κ2) is 6.26. The zero-order valence-corrected chi connectivity index (χ0v) is 11.0. The number of hydrogen-bond acceptors (Lipinski definition) is 3. The van der Waals surface area contributed by atoms with E-state index in [-0.39, 0.29) is 0 Å². The van der Waals surface area contributed by atoms with Crippen LogP contribution in [0, 0.1) is 6.92 Å². The van der Waals surface area contributed by atoms with E-state index in [4.69, 9.17) is 0 Å². The molecular formula is C12H22N2S. The highest BCUT2D eigenvalue weighted by atomic mass is 32.1. The van der Waals surface area contributed by atoms with E-state index in [0.717, 1.165) is 19.6 Å². The van der Waals surface area contributed by atoms with Crippen molar-refractivity contribution in [1.29, 1.82) is 0 Å². The number of aryl methyl sites for hydroxylation is 1. The summed E-state index contributed by atoms with van der Waals surface area (Å²) in [6.07, 6.45) is 0. The summed E-state index contributed by atoms with van der Waals surface area (Å²) in [4.78, 5) is 5.18. The molecule has 3 heteroatoms. The molecule has 1 rings (SSSR count). The second-order valence-corrected chi connectivity index (χ2v) is 5.64. The monoisotopic (exact) mass is 226 g/mol. The van der Waals surface area contributed by atoms with E-state index in [1.807, 2.05) is 11.3 Å². The molecule has 0 aliphatic heterocycles. The molecule has 15 heavy (non-hydrogen) atoms. The number of nitrogens with zero attached hydrogens (tertiary/aromatic N) is 1. The zero-order chi connectivity index (χ0) is 11.3. The van der Waals surface area contributed by atoms with Crippen LogP contribution in [0.25, 0.3) is 0 Å². The van der Waals surface area contributed by atoms with Gasteiger partial charge in [-0.25, -0.2) is 0 Å². The molecule has 0 aliphatic rings. The van der Waals surface area contributed by atoms with Crippen LogP contribution in [0.2, 0.25) is 0 Å². The lowest BCUT2D eigenvalue weighted by Crippen LogP contribution is -2.33. The quantitative estimate of drug-likeness (QED) is 0.750.